The summed E-state index contributed by atoms with van der Waals surface area (Å²) in [6.07, 6.45) is 3.28. The van der Waals surface area contributed by atoms with Gasteiger partial charge in [-0.3, -0.25) is 0 Å². The van der Waals surface area contributed by atoms with E-state index in [1.54, 1.807) is 13.2 Å². The van der Waals surface area contributed by atoms with E-state index in [1.165, 1.54) is 0 Å². The first kappa shape index (κ1) is 13.3. The molecule has 2 rings (SSSR count). The number of methoxy groups -OCH3 is 1. The number of carbonyl (C=O) groups is 1. The summed E-state index contributed by atoms with van der Waals surface area (Å²) in [5.74, 6) is -0.929. The molecule has 0 heterocycles. The average Bonchev–Trinajstić information content (AvgIpc) is 2.38. The Labute approximate surface area is 115 Å². The molecule has 0 saturated carbocycles. The molecule has 1 aliphatic rings. The lowest BCUT2D eigenvalue weighted by atomic mass is 9.81. The summed E-state index contributed by atoms with van der Waals surface area (Å²) >= 11 is 3.49. The second kappa shape index (κ2) is 5.67. The SMILES string of the molecule is COC1C=C(C(=O)O)C(c2ccccc2Br)CC1. The van der Waals surface area contributed by atoms with Gasteiger partial charge in [0, 0.05) is 23.1 Å². The van der Waals surface area contributed by atoms with Crippen LogP contribution in [-0.4, -0.2) is 24.3 Å². The molecule has 4 heteroatoms. The molecule has 0 fully saturated rings. The van der Waals surface area contributed by atoms with Crippen molar-refractivity contribution in [1.29, 1.82) is 0 Å². The maximum Gasteiger partial charge on any atom is 0.331 e. The lowest BCUT2D eigenvalue weighted by molar-refractivity contribution is -0.133. The van der Waals surface area contributed by atoms with Crippen LogP contribution in [0.3, 0.4) is 0 Å². The van der Waals surface area contributed by atoms with E-state index >= 15 is 0 Å². The van der Waals surface area contributed by atoms with Crippen LogP contribution >= 0.6 is 15.9 Å². The van der Waals surface area contributed by atoms with Gasteiger partial charge in [-0.25, -0.2) is 4.79 Å². The minimum absolute atomic E-state index is 0.0653. The van der Waals surface area contributed by atoms with Gasteiger partial charge < -0.3 is 9.84 Å². The summed E-state index contributed by atoms with van der Waals surface area (Å²) in [6.45, 7) is 0. The molecule has 0 bridgehead atoms. The van der Waals surface area contributed by atoms with E-state index in [9.17, 15) is 9.90 Å². The summed E-state index contributed by atoms with van der Waals surface area (Å²) in [5, 5.41) is 9.34. The first-order chi connectivity index (χ1) is 8.63. The van der Waals surface area contributed by atoms with Crippen molar-refractivity contribution in [1.82, 2.24) is 0 Å². The van der Waals surface area contributed by atoms with Crippen LogP contribution in [0.4, 0.5) is 0 Å². The quantitative estimate of drug-likeness (QED) is 0.931. The Balaban J connectivity index is 2.39. The van der Waals surface area contributed by atoms with Crippen molar-refractivity contribution in [2.24, 2.45) is 0 Å². The highest BCUT2D eigenvalue weighted by Crippen LogP contribution is 2.38. The van der Waals surface area contributed by atoms with Crippen LogP contribution < -0.4 is 0 Å². The van der Waals surface area contributed by atoms with E-state index in [-0.39, 0.29) is 12.0 Å². The topological polar surface area (TPSA) is 46.5 Å². The number of benzene rings is 1. The van der Waals surface area contributed by atoms with Gasteiger partial charge in [-0.05, 0) is 30.5 Å². The van der Waals surface area contributed by atoms with Gasteiger partial charge in [0.2, 0.25) is 0 Å². The third-order valence-corrected chi connectivity index (χ3v) is 4.03. The summed E-state index contributed by atoms with van der Waals surface area (Å²) in [5.41, 5.74) is 1.46. The molecule has 0 radical (unpaired) electrons. The van der Waals surface area contributed by atoms with Crippen molar-refractivity contribution >= 4 is 21.9 Å². The number of hydrogen-bond acceptors (Lipinski definition) is 2. The van der Waals surface area contributed by atoms with Gasteiger partial charge in [0.15, 0.2) is 0 Å². The van der Waals surface area contributed by atoms with Gasteiger partial charge in [-0.15, -0.1) is 0 Å². The van der Waals surface area contributed by atoms with E-state index in [2.05, 4.69) is 15.9 Å². The minimum Gasteiger partial charge on any atom is -0.478 e. The normalized spacial score (nSPS) is 23.6. The van der Waals surface area contributed by atoms with Crippen molar-refractivity contribution in [3.05, 3.63) is 46.0 Å². The second-order valence-corrected chi connectivity index (χ2v) is 5.21. The Kier molecular flexibility index (Phi) is 4.19. The molecule has 1 aliphatic carbocycles. The summed E-state index contributed by atoms with van der Waals surface area (Å²) in [6, 6.07) is 7.77. The maximum absolute atomic E-state index is 11.4. The van der Waals surface area contributed by atoms with Crippen LogP contribution in [0.1, 0.15) is 24.3 Å². The van der Waals surface area contributed by atoms with Gasteiger partial charge in [-0.1, -0.05) is 34.1 Å². The van der Waals surface area contributed by atoms with E-state index in [0.717, 1.165) is 22.9 Å². The monoisotopic (exact) mass is 310 g/mol. The standard InChI is InChI=1S/C14H15BrO3/c1-18-9-6-7-10(12(8-9)14(16)17)11-4-2-3-5-13(11)15/h2-5,8-10H,6-7H2,1H3,(H,16,17). The highest BCUT2D eigenvalue weighted by molar-refractivity contribution is 9.10. The minimum atomic E-state index is -0.863. The van der Waals surface area contributed by atoms with E-state index in [1.807, 2.05) is 24.3 Å². The zero-order chi connectivity index (χ0) is 13.1. The van der Waals surface area contributed by atoms with Crippen molar-refractivity contribution in [2.75, 3.05) is 7.11 Å². The Morgan fingerprint density at radius 1 is 1.39 bits per heavy atom. The van der Waals surface area contributed by atoms with Gasteiger partial charge >= 0.3 is 5.97 Å². The van der Waals surface area contributed by atoms with Crippen LogP contribution in [0.5, 0.6) is 0 Å². The molecular formula is C14H15BrO3. The lowest BCUT2D eigenvalue weighted by Crippen LogP contribution is -2.22. The van der Waals surface area contributed by atoms with Crippen LogP contribution in [0, 0.1) is 0 Å². The number of ether oxygens (including phenoxy) is 1. The second-order valence-electron chi connectivity index (χ2n) is 4.35. The van der Waals surface area contributed by atoms with Crippen molar-refractivity contribution in [3.63, 3.8) is 0 Å². The first-order valence-corrected chi connectivity index (χ1v) is 6.65. The zero-order valence-corrected chi connectivity index (χ0v) is 11.7. The molecule has 96 valence electrons. The molecule has 0 spiro atoms. The maximum atomic E-state index is 11.4. The largest absolute Gasteiger partial charge is 0.478 e. The molecule has 0 saturated heterocycles. The molecule has 2 atom stereocenters. The fraction of sp³-hybridized carbons (Fsp3) is 0.357. The summed E-state index contributed by atoms with van der Waals surface area (Å²) < 4.78 is 6.19. The van der Waals surface area contributed by atoms with Crippen molar-refractivity contribution in [3.8, 4) is 0 Å². The van der Waals surface area contributed by atoms with Crippen LogP contribution in [0.25, 0.3) is 0 Å². The Bertz CT molecular complexity index is 482. The third kappa shape index (κ3) is 2.65. The molecule has 2 unspecified atom stereocenters. The predicted octanol–water partition coefficient (Wildman–Crippen LogP) is 3.35. The van der Waals surface area contributed by atoms with Crippen LogP contribution in [0.2, 0.25) is 0 Å². The molecule has 1 aromatic rings. The van der Waals surface area contributed by atoms with E-state index < -0.39 is 5.97 Å². The number of halogens is 1. The van der Waals surface area contributed by atoms with Crippen LogP contribution in [-0.2, 0) is 9.53 Å². The summed E-state index contributed by atoms with van der Waals surface area (Å²) in [4.78, 5) is 11.4. The molecule has 0 amide bonds. The molecule has 0 aliphatic heterocycles. The lowest BCUT2D eigenvalue weighted by Gasteiger charge is -2.27. The zero-order valence-electron chi connectivity index (χ0n) is 10.1. The van der Waals surface area contributed by atoms with Gasteiger partial charge in [-0.2, -0.15) is 0 Å². The molecular weight excluding hydrogens is 296 g/mol. The van der Waals surface area contributed by atoms with Gasteiger partial charge in [0.05, 0.1) is 6.10 Å². The predicted molar refractivity (Wildman–Crippen MR) is 72.6 cm³/mol. The Hall–Kier alpha value is -1.13. The molecule has 1 N–H and O–H groups in total. The van der Waals surface area contributed by atoms with Gasteiger partial charge in [0.1, 0.15) is 0 Å². The highest BCUT2D eigenvalue weighted by atomic mass is 79.9. The Morgan fingerprint density at radius 2 is 2.11 bits per heavy atom. The Morgan fingerprint density at radius 3 is 2.72 bits per heavy atom. The molecule has 3 nitrogen and oxygen atoms in total. The number of rotatable bonds is 3. The fourth-order valence-corrected chi connectivity index (χ4v) is 2.93. The van der Waals surface area contributed by atoms with E-state index in [4.69, 9.17) is 4.74 Å². The summed E-state index contributed by atoms with van der Waals surface area (Å²) in [7, 11) is 1.61. The van der Waals surface area contributed by atoms with Gasteiger partial charge in [0.25, 0.3) is 0 Å². The number of hydrogen-bond donors (Lipinski definition) is 1. The molecule has 0 aromatic heterocycles. The average molecular weight is 311 g/mol. The highest BCUT2D eigenvalue weighted by Gasteiger charge is 2.29. The van der Waals surface area contributed by atoms with E-state index in [0.29, 0.717) is 5.57 Å². The number of aliphatic carboxylic acids is 1. The smallest absolute Gasteiger partial charge is 0.331 e. The van der Waals surface area contributed by atoms with Crippen molar-refractivity contribution in [2.45, 2.75) is 24.9 Å². The number of carboxylic acids is 1. The molecule has 18 heavy (non-hydrogen) atoms. The van der Waals surface area contributed by atoms with Crippen molar-refractivity contribution < 1.29 is 14.6 Å². The third-order valence-electron chi connectivity index (χ3n) is 3.31. The fourth-order valence-electron chi connectivity index (χ4n) is 2.37. The number of carboxylic acid groups (broad SMARTS) is 1. The van der Waals surface area contributed by atoms with Crippen LogP contribution in [0.15, 0.2) is 40.4 Å². The molecule has 1 aromatic carbocycles. The first-order valence-electron chi connectivity index (χ1n) is 5.85.